The Balaban J connectivity index is 1.29. The number of hydrogen-bond donors (Lipinski definition) is 0. The summed E-state index contributed by atoms with van der Waals surface area (Å²) in [4.78, 5) is 54.5. The lowest BCUT2D eigenvalue weighted by Gasteiger charge is -2.70. The molecule has 0 bridgehead atoms. The van der Waals surface area contributed by atoms with Crippen LogP contribution in [0.25, 0.3) is 0 Å². The Labute approximate surface area is 294 Å². The second-order valence-electron chi connectivity index (χ2n) is 18.8. The van der Waals surface area contributed by atoms with Crippen molar-refractivity contribution in [2.75, 3.05) is 7.11 Å². The minimum absolute atomic E-state index is 0.0525. The minimum Gasteiger partial charge on any atom is -0.469 e. The molecule has 5 aliphatic rings. The molecule has 0 unspecified atom stereocenters. The van der Waals surface area contributed by atoms with E-state index in [9.17, 15) is 19.2 Å². The van der Waals surface area contributed by atoms with E-state index in [1.54, 1.807) is 6.92 Å². The average molecular weight is 673 g/mol. The number of carbonyl (C=O) groups excluding carboxylic acids is 4. The maximum absolute atomic E-state index is 14.8. The van der Waals surface area contributed by atoms with Crippen LogP contribution in [-0.2, 0) is 35.3 Å². The van der Waals surface area contributed by atoms with Crippen molar-refractivity contribution < 1.29 is 28.7 Å². The van der Waals surface area contributed by atoms with E-state index in [2.05, 4.69) is 54.5 Å². The summed E-state index contributed by atoms with van der Waals surface area (Å²) in [5, 5.41) is 0. The van der Waals surface area contributed by atoms with Crippen LogP contribution < -0.4 is 0 Å². The molecule has 1 aromatic rings. The highest BCUT2D eigenvalue weighted by Crippen LogP contribution is 2.75. The molecule has 0 spiro atoms. The van der Waals surface area contributed by atoms with Crippen molar-refractivity contribution in [1.82, 2.24) is 0 Å². The molecule has 49 heavy (non-hydrogen) atoms. The van der Waals surface area contributed by atoms with E-state index in [1.807, 2.05) is 30.3 Å². The Kier molecular flexibility index (Phi) is 8.96. The van der Waals surface area contributed by atoms with Crippen molar-refractivity contribution in [2.45, 2.75) is 126 Å². The molecular formula is C43H60O6. The van der Waals surface area contributed by atoms with Crippen LogP contribution in [0.2, 0.25) is 0 Å². The average Bonchev–Trinajstić information content (AvgIpc) is 3.05. The van der Waals surface area contributed by atoms with E-state index in [4.69, 9.17) is 9.47 Å². The summed E-state index contributed by atoms with van der Waals surface area (Å²) in [5.74, 6) is -0.391. The van der Waals surface area contributed by atoms with Gasteiger partial charge in [-0.1, -0.05) is 84.4 Å². The fraction of sp³-hybridized carbons (Fsp3) is 0.721. The van der Waals surface area contributed by atoms with Crippen molar-refractivity contribution in [3.05, 3.63) is 47.5 Å². The van der Waals surface area contributed by atoms with Crippen molar-refractivity contribution in [2.24, 2.45) is 62.1 Å². The monoisotopic (exact) mass is 672 g/mol. The first-order valence-electron chi connectivity index (χ1n) is 18.9. The van der Waals surface area contributed by atoms with Gasteiger partial charge in [0.2, 0.25) is 0 Å². The van der Waals surface area contributed by atoms with E-state index in [0.29, 0.717) is 6.42 Å². The van der Waals surface area contributed by atoms with Crippen LogP contribution in [0.15, 0.2) is 42.0 Å². The topological polar surface area (TPSA) is 86.7 Å². The first-order chi connectivity index (χ1) is 22.9. The molecule has 0 aromatic heterocycles. The summed E-state index contributed by atoms with van der Waals surface area (Å²) in [6, 6.07) is 9.88. The minimum atomic E-state index is -0.594. The second kappa shape index (κ2) is 12.2. The van der Waals surface area contributed by atoms with Gasteiger partial charge in [0.1, 0.15) is 12.4 Å². The summed E-state index contributed by atoms with van der Waals surface area (Å²) in [5.41, 5.74) is 0.854. The molecule has 5 aliphatic carbocycles. The number of ketones is 2. The van der Waals surface area contributed by atoms with Gasteiger partial charge in [0.05, 0.1) is 18.4 Å². The van der Waals surface area contributed by atoms with E-state index >= 15 is 0 Å². The van der Waals surface area contributed by atoms with Crippen LogP contribution in [0.3, 0.4) is 0 Å². The lowest BCUT2D eigenvalue weighted by atomic mass is 9.33. The smallest absolute Gasteiger partial charge is 0.312 e. The molecular weight excluding hydrogens is 612 g/mol. The van der Waals surface area contributed by atoms with E-state index in [-0.39, 0.29) is 87.3 Å². The number of benzene rings is 1. The number of fused-ring (bicyclic) bond motifs is 7. The number of Topliss-reactive ketones (excluding diaryl/α,β-unsaturated/α-hetero) is 1. The highest BCUT2D eigenvalue weighted by Gasteiger charge is 2.70. The quantitative estimate of drug-likeness (QED) is 0.269. The van der Waals surface area contributed by atoms with Crippen molar-refractivity contribution in [3.63, 3.8) is 0 Å². The molecule has 10 atom stereocenters. The summed E-state index contributed by atoms with van der Waals surface area (Å²) in [6.45, 7) is 18.2. The Morgan fingerprint density at radius 2 is 1.55 bits per heavy atom. The fourth-order valence-corrected chi connectivity index (χ4v) is 12.6. The number of hydrogen-bond acceptors (Lipinski definition) is 6. The normalized spacial score (nSPS) is 41.5. The lowest BCUT2D eigenvalue weighted by molar-refractivity contribution is -0.195. The highest BCUT2D eigenvalue weighted by molar-refractivity contribution is 5.96. The number of methoxy groups -OCH3 is 1. The lowest BCUT2D eigenvalue weighted by Crippen LogP contribution is -2.66. The number of esters is 2. The molecule has 0 heterocycles. The van der Waals surface area contributed by atoms with Gasteiger partial charge in [-0.3, -0.25) is 19.2 Å². The maximum atomic E-state index is 14.8. The zero-order chi connectivity index (χ0) is 35.8. The molecule has 1 aromatic carbocycles. The van der Waals surface area contributed by atoms with Crippen molar-refractivity contribution in [3.8, 4) is 0 Å². The molecule has 4 saturated carbocycles. The van der Waals surface area contributed by atoms with Crippen molar-refractivity contribution >= 4 is 23.5 Å². The molecule has 0 amide bonds. The molecule has 0 aliphatic heterocycles. The molecule has 268 valence electrons. The maximum Gasteiger partial charge on any atom is 0.312 e. The largest absolute Gasteiger partial charge is 0.469 e. The predicted molar refractivity (Wildman–Crippen MR) is 190 cm³/mol. The molecule has 4 fully saturated rings. The summed E-state index contributed by atoms with van der Waals surface area (Å²) >= 11 is 0. The second-order valence-corrected chi connectivity index (χ2v) is 18.8. The standard InChI is InChI=1S/C43H60O6/c1-27(36(46)48-9)23-32(44)29-15-17-41(6)34(38(29,2)3)16-18-43(8)35(41)33(45)24-30-31-25-40(5,20-19-39(31,4)21-22-42(30,43)7)37(47)49-26-28-13-11-10-12-14-28/h10-14,24,27,29,31,34-35H,15-23,25-26H2,1-9H3/t27-,29-,31+,34+,35-,39-,40+,41+,42-,43-/m1/s1. The molecule has 0 N–H and O–H groups in total. The van der Waals surface area contributed by atoms with Gasteiger partial charge < -0.3 is 9.47 Å². The first kappa shape index (κ1) is 36.0. The van der Waals surface area contributed by atoms with Crippen LogP contribution in [0.5, 0.6) is 0 Å². The van der Waals surface area contributed by atoms with Gasteiger partial charge in [-0.15, -0.1) is 0 Å². The van der Waals surface area contributed by atoms with Gasteiger partial charge in [-0.25, -0.2) is 0 Å². The molecule has 0 saturated heterocycles. The third-order valence-electron chi connectivity index (χ3n) is 15.8. The number of carbonyl (C=O) groups is 4. The third-order valence-corrected chi connectivity index (χ3v) is 15.8. The first-order valence-corrected chi connectivity index (χ1v) is 18.9. The zero-order valence-electron chi connectivity index (χ0n) is 31.6. The molecule has 6 heteroatoms. The van der Waals surface area contributed by atoms with E-state index in [1.165, 1.54) is 12.7 Å². The molecule has 0 radical (unpaired) electrons. The Morgan fingerprint density at radius 3 is 2.22 bits per heavy atom. The Bertz CT molecular complexity index is 1540. The van der Waals surface area contributed by atoms with E-state index < -0.39 is 11.3 Å². The number of ether oxygens (including phenoxy) is 2. The molecule has 6 rings (SSSR count). The third kappa shape index (κ3) is 5.48. The molecule has 6 nitrogen and oxygen atoms in total. The van der Waals surface area contributed by atoms with Gasteiger partial charge in [0, 0.05) is 18.3 Å². The van der Waals surface area contributed by atoms with Crippen LogP contribution in [-0.4, -0.2) is 30.6 Å². The summed E-state index contributed by atoms with van der Waals surface area (Å²) in [7, 11) is 1.38. The van der Waals surface area contributed by atoms with Gasteiger partial charge in [0.25, 0.3) is 0 Å². The summed E-state index contributed by atoms with van der Waals surface area (Å²) < 4.78 is 10.9. The van der Waals surface area contributed by atoms with Crippen LogP contribution in [0.1, 0.15) is 125 Å². The Hall–Kier alpha value is -2.76. The highest BCUT2D eigenvalue weighted by atomic mass is 16.5. The Morgan fingerprint density at radius 1 is 0.878 bits per heavy atom. The summed E-state index contributed by atoms with van der Waals surface area (Å²) in [6.07, 6.45) is 10.4. The zero-order valence-corrected chi connectivity index (χ0v) is 31.6. The van der Waals surface area contributed by atoms with E-state index in [0.717, 1.165) is 56.9 Å². The predicted octanol–water partition coefficient (Wildman–Crippen LogP) is 9.10. The van der Waals surface area contributed by atoms with Crippen LogP contribution >= 0.6 is 0 Å². The van der Waals surface area contributed by atoms with Crippen LogP contribution in [0, 0.1) is 62.1 Å². The fourth-order valence-electron chi connectivity index (χ4n) is 12.6. The van der Waals surface area contributed by atoms with Gasteiger partial charge in [0.15, 0.2) is 5.78 Å². The van der Waals surface area contributed by atoms with Gasteiger partial charge >= 0.3 is 11.9 Å². The van der Waals surface area contributed by atoms with Crippen molar-refractivity contribution in [1.29, 1.82) is 0 Å². The van der Waals surface area contributed by atoms with Crippen LogP contribution in [0.4, 0.5) is 0 Å². The number of allylic oxidation sites excluding steroid dienone is 2. The van der Waals surface area contributed by atoms with Gasteiger partial charge in [-0.2, -0.15) is 0 Å². The SMILES string of the molecule is COC(=O)[C@H](C)CC(=O)[C@H]1CC[C@]2(C)[C@H]3C(=O)C=C4[C@@H]5C[C@@](C)(C(=O)OCc6ccccc6)CC[C@]5(C)CC[C@@]4(C)[C@]3(C)CC[C@H]2C1(C)C. The van der Waals surface area contributed by atoms with Gasteiger partial charge in [-0.05, 0) is 115 Å². The number of rotatable bonds is 7.